The molecule has 0 atom stereocenters. The van der Waals surface area contributed by atoms with Gasteiger partial charge in [-0.1, -0.05) is 30.3 Å². The molecule has 0 N–H and O–H groups in total. The van der Waals surface area contributed by atoms with Crippen LogP contribution in [0.5, 0.6) is 0 Å². The van der Waals surface area contributed by atoms with Crippen LogP contribution in [0.15, 0.2) is 55.1 Å². The molecule has 2 heteroatoms. The summed E-state index contributed by atoms with van der Waals surface area (Å²) in [5, 5.41) is 2.51. The first-order chi connectivity index (χ1) is 10.7. The van der Waals surface area contributed by atoms with Crippen LogP contribution in [0.2, 0.25) is 0 Å². The third kappa shape index (κ3) is 2.57. The molecule has 0 fully saturated rings. The van der Waals surface area contributed by atoms with Gasteiger partial charge in [-0.15, -0.1) is 6.58 Å². The molecule has 2 nitrogen and oxygen atoms in total. The SMILES string of the molecule is C=CCCC(=O)Cc1ccc2c(c1)c1ccccc1n2CC. The zero-order valence-corrected chi connectivity index (χ0v) is 13.0. The Kier molecular flexibility index (Phi) is 4.10. The number of aromatic nitrogens is 1. The number of aryl methyl sites for hydroxylation is 1. The van der Waals surface area contributed by atoms with E-state index in [2.05, 4.69) is 60.5 Å². The summed E-state index contributed by atoms with van der Waals surface area (Å²) in [5.74, 6) is 0.276. The zero-order valence-electron chi connectivity index (χ0n) is 13.0. The molecule has 1 heterocycles. The number of nitrogens with zero attached hydrogens (tertiary/aromatic N) is 1. The molecule has 2 aromatic carbocycles. The third-order valence-electron chi connectivity index (χ3n) is 4.18. The second-order valence-electron chi connectivity index (χ2n) is 5.66. The summed E-state index contributed by atoms with van der Waals surface area (Å²) in [4.78, 5) is 12.0. The van der Waals surface area contributed by atoms with Gasteiger partial charge in [-0.3, -0.25) is 4.79 Å². The van der Waals surface area contributed by atoms with Crippen molar-refractivity contribution in [1.29, 1.82) is 0 Å². The van der Waals surface area contributed by atoms with Gasteiger partial charge in [-0.25, -0.2) is 0 Å². The minimum atomic E-state index is 0.276. The molecule has 3 rings (SSSR count). The van der Waals surface area contributed by atoms with E-state index in [0.717, 1.165) is 18.5 Å². The number of rotatable bonds is 6. The van der Waals surface area contributed by atoms with Crippen LogP contribution in [-0.2, 0) is 17.8 Å². The predicted octanol–water partition coefficient (Wildman–Crippen LogP) is 4.89. The van der Waals surface area contributed by atoms with Crippen molar-refractivity contribution in [2.24, 2.45) is 0 Å². The molecule has 1 aromatic heterocycles. The number of hydrogen-bond donors (Lipinski definition) is 0. The number of benzene rings is 2. The molecule has 0 aliphatic heterocycles. The van der Waals surface area contributed by atoms with Crippen molar-refractivity contribution >= 4 is 27.6 Å². The van der Waals surface area contributed by atoms with Crippen molar-refractivity contribution in [2.45, 2.75) is 32.7 Å². The van der Waals surface area contributed by atoms with E-state index >= 15 is 0 Å². The van der Waals surface area contributed by atoms with Crippen molar-refractivity contribution < 1.29 is 4.79 Å². The van der Waals surface area contributed by atoms with Crippen LogP contribution in [0, 0.1) is 0 Å². The fourth-order valence-electron chi connectivity index (χ4n) is 3.13. The summed E-state index contributed by atoms with van der Waals surface area (Å²) in [6.45, 7) is 6.78. The largest absolute Gasteiger partial charge is 0.341 e. The van der Waals surface area contributed by atoms with Gasteiger partial charge < -0.3 is 4.57 Å². The third-order valence-corrected chi connectivity index (χ3v) is 4.18. The van der Waals surface area contributed by atoms with Gasteiger partial charge in [0, 0.05) is 41.2 Å². The van der Waals surface area contributed by atoms with Crippen molar-refractivity contribution in [2.75, 3.05) is 0 Å². The Morgan fingerprint density at radius 1 is 1.14 bits per heavy atom. The summed E-state index contributed by atoms with van der Waals surface area (Å²) in [7, 11) is 0. The fourth-order valence-corrected chi connectivity index (χ4v) is 3.13. The van der Waals surface area contributed by atoms with E-state index < -0.39 is 0 Å². The van der Waals surface area contributed by atoms with Crippen molar-refractivity contribution in [3.8, 4) is 0 Å². The van der Waals surface area contributed by atoms with E-state index in [0.29, 0.717) is 12.8 Å². The van der Waals surface area contributed by atoms with E-state index in [1.54, 1.807) is 6.08 Å². The van der Waals surface area contributed by atoms with E-state index in [9.17, 15) is 4.79 Å². The molecule has 0 bridgehead atoms. The second kappa shape index (κ2) is 6.18. The minimum Gasteiger partial charge on any atom is -0.341 e. The molecule has 0 amide bonds. The molecular formula is C20H21NO. The number of ketones is 1. The van der Waals surface area contributed by atoms with Crippen LogP contribution in [0.3, 0.4) is 0 Å². The van der Waals surface area contributed by atoms with Gasteiger partial charge in [0.25, 0.3) is 0 Å². The Hall–Kier alpha value is -2.35. The first-order valence-corrected chi connectivity index (χ1v) is 7.87. The minimum absolute atomic E-state index is 0.276. The summed E-state index contributed by atoms with van der Waals surface area (Å²) in [6.07, 6.45) is 3.65. The highest BCUT2D eigenvalue weighted by atomic mass is 16.1. The van der Waals surface area contributed by atoms with Gasteiger partial charge in [-0.2, -0.15) is 0 Å². The standard InChI is InChI=1S/C20H21NO/c1-3-5-8-16(22)13-15-11-12-20-18(14-15)17-9-6-7-10-19(17)21(20)4-2/h3,6-7,9-12,14H,1,4-5,8,13H2,2H3. The zero-order chi connectivity index (χ0) is 15.5. The number of carbonyl (C=O) groups excluding carboxylic acids is 1. The quantitative estimate of drug-likeness (QED) is 0.592. The number of para-hydroxylation sites is 1. The van der Waals surface area contributed by atoms with Crippen molar-refractivity contribution in [1.82, 2.24) is 4.57 Å². The highest BCUT2D eigenvalue weighted by Gasteiger charge is 2.10. The molecule has 22 heavy (non-hydrogen) atoms. The van der Waals surface area contributed by atoms with Crippen molar-refractivity contribution in [3.05, 3.63) is 60.7 Å². The number of Topliss-reactive ketones (excluding diaryl/α,β-unsaturated/α-hetero) is 1. The number of hydrogen-bond acceptors (Lipinski definition) is 1. The van der Waals surface area contributed by atoms with Gasteiger partial charge >= 0.3 is 0 Å². The molecule has 0 spiro atoms. The van der Waals surface area contributed by atoms with Crippen LogP contribution in [-0.4, -0.2) is 10.4 Å². The monoisotopic (exact) mass is 291 g/mol. The predicted molar refractivity (Wildman–Crippen MR) is 93.3 cm³/mol. The lowest BCUT2D eigenvalue weighted by atomic mass is 10.0. The molecule has 0 unspecified atom stereocenters. The summed E-state index contributed by atoms with van der Waals surface area (Å²) < 4.78 is 2.33. The van der Waals surface area contributed by atoms with Crippen LogP contribution in [0.25, 0.3) is 21.8 Å². The van der Waals surface area contributed by atoms with Crippen LogP contribution < -0.4 is 0 Å². The number of carbonyl (C=O) groups is 1. The maximum absolute atomic E-state index is 12.0. The molecular weight excluding hydrogens is 270 g/mol. The Balaban J connectivity index is 2.04. The highest BCUT2D eigenvalue weighted by Crippen LogP contribution is 2.29. The van der Waals surface area contributed by atoms with Crippen LogP contribution >= 0.6 is 0 Å². The first kappa shape index (κ1) is 14.6. The average Bonchev–Trinajstić information content (AvgIpc) is 2.86. The van der Waals surface area contributed by atoms with E-state index in [-0.39, 0.29) is 5.78 Å². The average molecular weight is 291 g/mol. The lowest BCUT2D eigenvalue weighted by Gasteiger charge is -2.04. The topological polar surface area (TPSA) is 22.0 Å². The summed E-state index contributed by atoms with van der Waals surface area (Å²) in [5.41, 5.74) is 3.60. The molecule has 0 saturated carbocycles. The Morgan fingerprint density at radius 2 is 1.91 bits per heavy atom. The van der Waals surface area contributed by atoms with Crippen LogP contribution in [0.4, 0.5) is 0 Å². The Bertz CT molecular complexity index is 841. The summed E-state index contributed by atoms with van der Waals surface area (Å²) in [6, 6.07) is 14.9. The van der Waals surface area contributed by atoms with Gasteiger partial charge in [0.05, 0.1) is 0 Å². The Morgan fingerprint density at radius 3 is 2.68 bits per heavy atom. The van der Waals surface area contributed by atoms with Crippen molar-refractivity contribution in [3.63, 3.8) is 0 Å². The molecule has 112 valence electrons. The molecule has 0 aliphatic rings. The van der Waals surface area contributed by atoms with Gasteiger partial charge in [0.15, 0.2) is 0 Å². The highest BCUT2D eigenvalue weighted by molar-refractivity contribution is 6.08. The molecule has 3 aromatic rings. The smallest absolute Gasteiger partial charge is 0.137 e. The van der Waals surface area contributed by atoms with Gasteiger partial charge in [-0.05, 0) is 37.1 Å². The van der Waals surface area contributed by atoms with Crippen LogP contribution in [0.1, 0.15) is 25.3 Å². The maximum Gasteiger partial charge on any atom is 0.137 e. The van der Waals surface area contributed by atoms with E-state index in [4.69, 9.17) is 0 Å². The molecule has 0 radical (unpaired) electrons. The first-order valence-electron chi connectivity index (χ1n) is 7.87. The summed E-state index contributed by atoms with van der Waals surface area (Å²) >= 11 is 0. The van der Waals surface area contributed by atoms with Gasteiger partial charge in [0.2, 0.25) is 0 Å². The molecule has 0 aliphatic carbocycles. The maximum atomic E-state index is 12.0. The second-order valence-corrected chi connectivity index (χ2v) is 5.66. The van der Waals surface area contributed by atoms with E-state index in [1.807, 2.05) is 0 Å². The van der Waals surface area contributed by atoms with E-state index in [1.165, 1.54) is 21.8 Å². The Labute approximate surface area is 131 Å². The number of allylic oxidation sites excluding steroid dienone is 1. The lowest BCUT2D eigenvalue weighted by Crippen LogP contribution is -2.01. The normalized spacial score (nSPS) is 11.1. The number of fused-ring (bicyclic) bond motifs is 3. The lowest BCUT2D eigenvalue weighted by molar-refractivity contribution is -0.118. The van der Waals surface area contributed by atoms with Gasteiger partial charge in [0.1, 0.15) is 5.78 Å². The fraction of sp³-hybridized carbons (Fsp3) is 0.250. The molecule has 0 saturated heterocycles.